The van der Waals surface area contributed by atoms with E-state index >= 15 is 0 Å². The van der Waals surface area contributed by atoms with E-state index in [4.69, 9.17) is 12.6 Å². The average molecular weight is 373 g/mol. The van der Waals surface area contributed by atoms with Crippen LogP contribution in [-0.4, -0.2) is 17.4 Å². The van der Waals surface area contributed by atoms with Gasteiger partial charge in [-0.05, 0) is 40.8 Å². The van der Waals surface area contributed by atoms with Crippen molar-refractivity contribution in [1.82, 2.24) is 0 Å². The molecule has 1 atom stereocenters. The lowest BCUT2D eigenvalue weighted by Gasteiger charge is -2.18. The van der Waals surface area contributed by atoms with Crippen molar-refractivity contribution < 1.29 is 9.36 Å². The van der Waals surface area contributed by atoms with Crippen LogP contribution in [0.15, 0.2) is 59.7 Å². The fourth-order valence-electron chi connectivity index (χ4n) is 2.82. The third-order valence-electron chi connectivity index (χ3n) is 4.26. The number of aromatic nitrogens is 1. The van der Waals surface area contributed by atoms with Crippen LogP contribution in [0.5, 0.6) is 0 Å². The Labute approximate surface area is 159 Å². The minimum absolute atomic E-state index is 0.0203. The Morgan fingerprint density at radius 3 is 2.52 bits per heavy atom. The number of pyridine rings is 1. The first-order chi connectivity index (χ1) is 12.1. The lowest BCUT2D eigenvalue weighted by Crippen LogP contribution is -2.47. The Kier molecular flexibility index (Phi) is 7.47. The van der Waals surface area contributed by atoms with Crippen molar-refractivity contribution in [3.05, 3.63) is 65.1 Å². The lowest BCUT2D eigenvalue weighted by molar-refractivity contribution is -0.691. The maximum absolute atomic E-state index is 13.0. The highest BCUT2D eigenvalue weighted by Crippen LogP contribution is 2.22. The number of ketones is 1. The van der Waals surface area contributed by atoms with Crippen molar-refractivity contribution in [1.29, 1.82) is 0 Å². The highest BCUT2D eigenvalue weighted by molar-refractivity contribution is 7.77. The van der Waals surface area contributed by atoms with Gasteiger partial charge >= 0.3 is 0 Å². The van der Waals surface area contributed by atoms with Crippen LogP contribution in [0.4, 0.5) is 0 Å². The maximum Gasteiger partial charge on any atom is 0.244 e. The first-order valence-corrected chi connectivity index (χ1v) is 9.81. The zero-order valence-corrected chi connectivity index (χ0v) is 16.4. The molecule has 2 aromatic heterocycles. The molecule has 0 aliphatic rings. The smallest absolute Gasteiger partial charge is 0.244 e. The first kappa shape index (κ1) is 19.5. The summed E-state index contributed by atoms with van der Waals surface area (Å²) in [5.41, 5.74) is 1.29. The molecule has 2 aromatic rings. The van der Waals surface area contributed by atoms with Crippen molar-refractivity contribution in [3.63, 3.8) is 0 Å². The van der Waals surface area contributed by atoms with Gasteiger partial charge < -0.3 is 17.6 Å². The Balaban J connectivity index is 2.38. The molecule has 0 radical (unpaired) electrons. The summed E-state index contributed by atoms with van der Waals surface area (Å²) in [5.74, 6) is 0.520. The van der Waals surface area contributed by atoms with E-state index < -0.39 is 6.04 Å². The molecule has 0 saturated carbocycles. The van der Waals surface area contributed by atoms with E-state index in [0.29, 0.717) is 22.4 Å². The van der Waals surface area contributed by atoms with Crippen LogP contribution in [0.1, 0.15) is 53.9 Å². The number of carbonyl (C=O) groups is 1. The first-order valence-electron chi connectivity index (χ1n) is 8.53. The van der Waals surface area contributed by atoms with Gasteiger partial charge in [0.15, 0.2) is 12.4 Å². The minimum atomic E-state index is -0.593. The lowest BCUT2D eigenvalue weighted by atomic mass is 9.95. The van der Waals surface area contributed by atoms with Gasteiger partial charge in [0.1, 0.15) is 0 Å². The maximum atomic E-state index is 13.0. The quantitative estimate of drug-likeness (QED) is 0.162. The van der Waals surface area contributed by atoms with Crippen LogP contribution in [0.3, 0.4) is 0 Å². The molecule has 25 heavy (non-hydrogen) atoms. The molecule has 5 heteroatoms. The zero-order valence-electron chi connectivity index (χ0n) is 14.7. The summed E-state index contributed by atoms with van der Waals surface area (Å²) < 4.78 is 1.86. The van der Waals surface area contributed by atoms with Crippen LogP contribution >= 0.6 is 11.3 Å². The molecule has 0 fully saturated rings. The summed E-state index contributed by atoms with van der Waals surface area (Å²) in [6.07, 6.45) is 7.77. The molecule has 0 aliphatic carbocycles. The molecule has 0 N–H and O–H groups in total. The number of carbonyl (C=O) groups excluding carboxylic acids is 1. The van der Waals surface area contributed by atoms with Gasteiger partial charge in [-0.3, -0.25) is 4.79 Å². The summed E-state index contributed by atoms with van der Waals surface area (Å²) in [4.78, 5) is 18.0. The normalized spacial score (nSPS) is 13.0. The molecular weight excluding hydrogens is 348 g/mol. The molecule has 0 aliphatic heterocycles. The Morgan fingerprint density at radius 1 is 1.32 bits per heavy atom. The number of hydrogen-bond donors (Lipinski definition) is 0. The fraction of sp³-hybridized carbons (Fsp3) is 0.350. The summed E-state index contributed by atoms with van der Waals surface area (Å²) in [5, 5.41) is 2.29. The molecule has 2 rings (SSSR count). The number of thiophene rings is 1. The average Bonchev–Trinajstić information content (AvgIpc) is 3.17. The van der Waals surface area contributed by atoms with Gasteiger partial charge in [0, 0.05) is 12.1 Å². The molecule has 0 unspecified atom stereocenters. The summed E-state index contributed by atoms with van der Waals surface area (Å²) >= 11 is 6.88. The Morgan fingerprint density at radius 2 is 2.00 bits per heavy atom. The van der Waals surface area contributed by atoms with E-state index in [1.807, 2.05) is 34.5 Å². The van der Waals surface area contributed by atoms with E-state index in [1.165, 1.54) is 16.9 Å². The van der Waals surface area contributed by atoms with E-state index in [2.05, 4.69) is 37.6 Å². The van der Waals surface area contributed by atoms with Crippen molar-refractivity contribution in [2.75, 3.05) is 6.54 Å². The second kappa shape index (κ2) is 9.59. The van der Waals surface area contributed by atoms with Crippen LogP contribution in [-0.2, 0) is 12.6 Å². The van der Waals surface area contributed by atoms with Crippen LogP contribution in [0.25, 0.3) is 0 Å². The van der Waals surface area contributed by atoms with Crippen LogP contribution in [0.2, 0.25) is 0 Å². The molecule has 2 heterocycles. The van der Waals surface area contributed by atoms with Gasteiger partial charge in [-0.25, -0.2) is 0 Å². The standard InChI is InChI=1S/C20H24N2OS2/c1-4-11-21-20(24)18(19(23)17-8-7-14-25-17)22-12-9-16(10-13-22)15(5-2)6-3/h4,7-10,12-15,18H,1,5-6,11H2,2-3H3/t18-/m0/s1. The third kappa shape index (κ3) is 4.83. The predicted molar refractivity (Wildman–Crippen MR) is 108 cm³/mol. The second-order valence-corrected chi connectivity index (χ2v) is 7.17. The summed E-state index contributed by atoms with van der Waals surface area (Å²) in [6, 6.07) is 7.28. The number of aliphatic imine (C=N–C) groups is 1. The zero-order chi connectivity index (χ0) is 18.2. The van der Waals surface area contributed by atoms with Crippen LogP contribution < -0.4 is 4.57 Å². The van der Waals surface area contributed by atoms with Gasteiger partial charge in [-0.15, -0.1) is 17.9 Å². The predicted octanol–water partition coefficient (Wildman–Crippen LogP) is 4.49. The molecule has 0 spiro atoms. The van der Waals surface area contributed by atoms with Gasteiger partial charge in [-0.2, -0.15) is 4.57 Å². The topological polar surface area (TPSA) is 33.3 Å². The van der Waals surface area contributed by atoms with Gasteiger partial charge in [-0.1, -0.05) is 26.0 Å². The number of Topliss-reactive ketones (excluding diaryl/α,β-unsaturated/α-hetero) is 1. The second-order valence-electron chi connectivity index (χ2n) is 5.80. The van der Waals surface area contributed by atoms with Gasteiger partial charge in [0.25, 0.3) is 0 Å². The van der Waals surface area contributed by atoms with E-state index in [0.717, 1.165) is 12.8 Å². The number of hydrogen-bond acceptors (Lipinski definition) is 4. The van der Waals surface area contributed by atoms with E-state index in [1.54, 1.807) is 6.08 Å². The summed E-state index contributed by atoms with van der Waals surface area (Å²) in [7, 11) is 0. The SMILES string of the molecule is C=CCN=C([S-])[C@H](C(=O)c1cccs1)[n+]1ccc(C(CC)CC)cc1. The molecule has 0 amide bonds. The molecule has 0 bridgehead atoms. The highest BCUT2D eigenvalue weighted by atomic mass is 32.1. The largest absolute Gasteiger partial charge is 0.758 e. The van der Waals surface area contributed by atoms with Crippen molar-refractivity contribution in [3.8, 4) is 0 Å². The minimum Gasteiger partial charge on any atom is -0.758 e. The third-order valence-corrected chi connectivity index (χ3v) is 5.49. The molecule has 132 valence electrons. The van der Waals surface area contributed by atoms with Crippen LogP contribution in [0, 0.1) is 0 Å². The van der Waals surface area contributed by atoms with Crippen molar-refractivity contribution in [2.24, 2.45) is 4.99 Å². The number of rotatable bonds is 9. The van der Waals surface area contributed by atoms with Gasteiger partial charge in [0.2, 0.25) is 11.8 Å². The van der Waals surface area contributed by atoms with Gasteiger partial charge in [0.05, 0.1) is 11.4 Å². The van der Waals surface area contributed by atoms with E-state index in [9.17, 15) is 4.79 Å². The summed E-state index contributed by atoms with van der Waals surface area (Å²) in [6.45, 7) is 8.47. The fourth-order valence-corrected chi connectivity index (χ4v) is 3.82. The van der Waals surface area contributed by atoms with Crippen molar-refractivity contribution >= 4 is 34.8 Å². The number of nitrogens with zero attached hydrogens (tertiary/aromatic N) is 2. The molecule has 0 saturated heterocycles. The molecule has 3 nitrogen and oxygen atoms in total. The Hall–Kier alpha value is -1.85. The highest BCUT2D eigenvalue weighted by Gasteiger charge is 2.29. The monoisotopic (exact) mass is 372 g/mol. The Bertz CT molecular complexity index is 717. The molecular formula is C20H24N2OS2. The van der Waals surface area contributed by atoms with Crippen molar-refractivity contribution in [2.45, 2.75) is 38.6 Å². The van der Waals surface area contributed by atoms with E-state index in [-0.39, 0.29) is 5.78 Å². The molecule has 0 aromatic carbocycles.